The number of hydrogen-bond acceptors (Lipinski definition) is 4. The van der Waals surface area contributed by atoms with Gasteiger partial charge in [-0.25, -0.2) is 13.2 Å². The lowest BCUT2D eigenvalue weighted by Crippen LogP contribution is -2.10. The summed E-state index contributed by atoms with van der Waals surface area (Å²) < 4.78 is 27.3. The van der Waals surface area contributed by atoms with Crippen molar-refractivity contribution in [1.82, 2.24) is 4.57 Å². The normalized spacial score (nSPS) is 12.3. The SMILES string of the molecule is CC(C)(C)c1ccc(Cn2ccc3cc(NC=CCS(=O)(=O)c4cccc(C(=O)O)c4)ccc32)cc1. The number of aromatic carboxylic acids is 1. The maximum atomic E-state index is 12.5. The molecular weight excluding hydrogens is 472 g/mol. The molecule has 0 saturated carbocycles. The third kappa shape index (κ3) is 5.86. The number of aromatic nitrogens is 1. The van der Waals surface area contributed by atoms with Crippen molar-refractivity contribution in [2.75, 3.05) is 11.1 Å². The minimum Gasteiger partial charge on any atom is -0.478 e. The number of fused-ring (bicyclic) bond motifs is 1. The summed E-state index contributed by atoms with van der Waals surface area (Å²) >= 11 is 0. The van der Waals surface area contributed by atoms with E-state index in [9.17, 15) is 13.2 Å². The molecule has 0 aliphatic carbocycles. The van der Waals surface area contributed by atoms with E-state index in [0.717, 1.165) is 23.1 Å². The molecule has 1 heterocycles. The quantitative estimate of drug-likeness (QED) is 0.305. The second kappa shape index (κ2) is 10.0. The topological polar surface area (TPSA) is 88.4 Å². The van der Waals surface area contributed by atoms with Gasteiger partial charge < -0.3 is 15.0 Å². The highest BCUT2D eigenvalue weighted by Crippen LogP contribution is 2.24. The van der Waals surface area contributed by atoms with Crippen molar-refractivity contribution in [3.63, 3.8) is 0 Å². The van der Waals surface area contributed by atoms with Crippen LogP contribution in [-0.4, -0.2) is 29.8 Å². The lowest BCUT2D eigenvalue weighted by molar-refractivity contribution is 0.0696. The van der Waals surface area contributed by atoms with Crippen LogP contribution >= 0.6 is 0 Å². The molecule has 0 aliphatic heterocycles. The van der Waals surface area contributed by atoms with Gasteiger partial charge in [-0.3, -0.25) is 0 Å². The van der Waals surface area contributed by atoms with Gasteiger partial charge >= 0.3 is 5.97 Å². The van der Waals surface area contributed by atoms with Crippen LogP contribution in [0.4, 0.5) is 5.69 Å². The first kappa shape index (κ1) is 25.3. The number of sulfone groups is 1. The van der Waals surface area contributed by atoms with Gasteiger partial charge in [0.2, 0.25) is 0 Å². The molecule has 0 spiro atoms. The van der Waals surface area contributed by atoms with Crippen molar-refractivity contribution in [2.45, 2.75) is 37.6 Å². The van der Waals surface area contributed by atoms with E-state index < -0.39 is 15.8 Å². The molecule has 7 heteroatoms. The van der Waals surface area contributed by atoms with E-state index in [-0.39, 0.29) is 21.6 Å². The van der Waals surface area contributed by atoms with Crippen molar-refractivity contribution in [1.29, 1.82) is 0 Å². The van der Waals surface area contributed by atoms with Crippen molar-refractivity contribution in [3.05, 3.63) is 108 Å². The molecule has 0 unspecified atom stereocenters. The molecule has 0 saturated heterocycles. The summed E-state index contributed by atoms with van der Waals surface area (Å²) in [5, 5.41) is 13.3. The maximum absolute atomic E-state index is 12.5. The summed E-state index contributed by atoms with van der Waals surface area (Å²) in [5.74, 6) is -1.40. The van der Waals surface area contributed by atoms with Crippen LogP contribution in [0.2, 0.25) is 0 Å². The van der Waals surface area contributed by atoms with Gasteiger partial charge in [0.15, 0.2) is 9.84 Å². The number of anilines is 1. The minimum absolute atomic E-state index is 0.0112. The van der Waals surface area contributed by atoms with Crippen LogP contribution in [-0.2, 0) is 21.8 Å². The van der Waals surface area contributed by atoms with E-state index in [2.05, 4.69) is 67.2 Å². The molecule has 2 N–H and O–H groups in total. The highest BCUT2D eigenvalue weighted by Gasteiger charge is 2.15. The van der Waals surface area contributed by atoms with Gasteiger partial charge in [0.1, 0.15) is 0 Å². The second-order valence-corrected chi connectivity index (χ2v) is 11.9. The Balaban J connectivity index is 1.40. The molecule has 3 aromatic carbocycles. The minimum atomic E-state index is -3.64. The molecule has 4 aromatic rings. The van der Waals surface area contributed by atoms with E-state index >= 15 is 0 Å². The largest absolute Gasteiger partial charge is 0.478 e. The number of nitrogens with one attached hydrogen (secondary N) is 1. The standard InChI is InChI=1S/C29H30N2O4S/c1-29(2,3)24-10-8-21(9-11-24)20-31-16-14-22-18-25(12-13-27(22)31)30-15-5-17-36(34,35)26-7-4-6-23(19-26)28(32)33/h4-16,18-19,30H,17,20H2,1-3H3,(H,32,33). The molecule has 0 amide bonds. The molecule has 0 bridgehead atoms. The zero-order valence-corrected chi connectivity index (χ0v) is 21.4. The Kier molecular flexibility index (Phi) is 7.04. The van der Waals surface area contributed by atoms with Crippen LogP contribution in [0, 0.1) is 0 Å². The third-order valence-electron chi connectivity index (χ3n) is 6.07. The van der Waals surface area contributed by atoms with Gasteiger partial charge in [-0.2, -0.15) is 0 Å². The van der Waals surface area contributed by atoms with Gasteiger partial charge in [-0.05, 0) is 65.2 Å². The Bertz CT molecular complexity index is 1530. The number of benzene rings is 3. The fourth-order valence-electron chi connectivity index (χ4n) is 3.98. The predicted octanol–water partition coefficient (Wildman–Crippen LogP) is 6.08. The fraction of sp³-hybridized carbons (Fsp3) is 0.207. The Hall–Kier alpha value is -3.84. The Labute approximate surface area is 211 Å². The number of carboxylic acids is 1. The Morgan fingerprint density at radius 3 is 2.44 bits per heavy atom. The summed E-state index contributed by atoms with van der Waals surface area (Å²) in [6, 6.07) is 22.2. The highest BCUT2D eigenvalue weighted by molar-refractivity contribution is 7.91. The lowest BCUT2D eigenvalue weighted by atomic mass is 9.87. The summed E-state index contributed by atoms with van der Waals surface area (Å²) in [6.07, 6.45) is 5.17. The van der Waals surface area contributed by atoms with Crippen LogP contribution in [0.1, 0.15) is 42.3 Å². The van der Waals surface area contributed by atoms with Crippen molar-refractivity contribution >= 4 is 32.4 Å². The molecule has 36 heavy (non-hydrogen) atoms. The summed E-state index contributed by atoms with van der Waals surface area (Å²) in [5.41, 5.74) is 4.59. The zero-order chi connectivity index (χ0) is 25.9. The number of carbonyl (C=O) groups is 1. The lowest BCUT2D eigenvalue weighted by Gasteiger charge is -2.19. The third-order valence-corrected chi connectivity index (χ3v) is 7.67. The van der Waals surface area contributed by atoms with Crippen LogP contribution in [0.3, 0.4) is 0 Å². The van der Waals surface area contributed by atoms with E-state index in [1.165, 1.54) is 41.5 Å². The van der Waals surface area contributed by atoms with E-state index in [1.54, 1.807) is 6.20 Å². The van der Waals surface area contributed by atoms with Gasteiger partial charge in [0.25, 0.3) is 0 Å². The molecule has 0 radical (unpaired) electrons. The average Bonchev–Trinajstić information content (AvgIpc) is 3.23. The number of hydrogen-bond donors (Lipinski definition) is 2. The maximum Gasteiger partial charge on any atom is 0.335 e. The van der Waals surface area contributed by atoms with Crippen LogP contribution in [0.15, 0.2) is 96.2 Å². The monoisotopic (exact) mass is 502 g/mol. The predicted molar refractivity (Wildman–Crippen MR) is 144 cm³/mol. The molecule has 0 aliphatic rings. The van der Waals surface area contributed by atoms with Crippen LogP contribution in [0.25, 0.3) is 10.9 Å². The Morgan fingerprint density at radius 2 is 1.75 bits per heavy atom. The van der Waals surface area contributed by atoms with Crippen molar-refractivity contribution in [2.24, 2.45) is 0 Å². The summed E-state index contributed by atoms with van der Waals surface area (Å²) in [7, 11) is -3.64. The molecule has 0 fully saturated rings. The van der Waals surface area contributed by atoms with Crippen molar-refractivity contribution < 1.29 is 18.3 Å². The van der Waals surface area contributed by atoms with Gasteiger partial charge in [-0.1, -0.05) is 57.2 Å². The number of carboxylic acid groups (broad SMARTS) is 1. The summed E-state index contributed by atoms with van der Waals surface area (Å²) in [4.78, 5) is 11.1. The zero-order valence-electron chi connectivity index (χ0n) is 20.6. The van der Waals surface area contributed by atoms with E-state index in [1.807, 2.05) is 18.2 Å². The molecule has 0 atom stereocenters. The number of rotatable bonds is 8. The highest BCUT2D eigenvalue weighted by atomic mass is 32.2. The average molecular weight is 503 g/mol. The van der Waals surface area contributed by atoms with E-state index in [0.29, 0.717) is 0 Å². The van der Waals surface area contributed by atoms with Crippen LogP contribution < -0.4 is 5.32 Å². The van der Waals surface area contributed by atoms with Gasteiger partial charge in [0.05, 0.1) is 16.2 Å². The first-order valence-electron chi connectivity index (χ1n) is 11.7. The van der Waals surface area contributed by atoms with E-state index in [4.69, 9.17) is 5.11 Å². The van der Waals surface area contributed by atoms with Crippen LogP contribution in [0.5, 0.6) is 0 Å². The first-order chi connectivity index (χ1) is 17.0. The fourth-order valence-corrected chi connectivity index (χ4v) is 5.12. The van der Waals surface area contributed by atoms with Gasteiger partial charge in [0, 0.05) is 29.3 Å². The molecule has 6 nitrogen and oxygen atoms in total. The molecular formula is C29H30N2O4S. The van der Waals surface area contributed by atoms with Crippen molar-refractivity contribution in [3.8, 4) is 0 Å². The van der Waals surface area contributed by atoms with Gasteiger partial charge in [-0.15, -0.1) is 0 Å². The smallest absolute Gasteiger partial charge is 0.335 e. The molecule has 4 rings (SSSR count). The molecule has 1 aromatic heterocycles. The molecule has 186 valence electrons. The Morgan fingerprint density at radius 1 is 1.00 bits per heavy atom. The number of nitrogens with zero attached hydrogens (tertiary/aromatic N) is 1. The summed E-state index contributed by atoms with van der Waals surface area (Å²) in [6.45, 7) is 7.41. The second-order valence-electron chi connectivity index (χ2n) is 9.83. The first-order valence-corrected chi connectivity index (χ1v) is 13.3.